The number of nitrogens with one attached hydrogen (secondary N) is 2. The van der Waals surface area contributed by atoms with Crippen molar-refractivity contribution in [2.75, 3.05) is 0 Å². The van der Waals surface area contributed by atoms with Gasteiger partial charge in [0.2, 0.25) is 11.8 Å². The molecule has 0 unspecified atom stereocenters. The minimum Gasteiger partial charge on any atom is -0.457 e. The quantitative estimate of drug-likeness (QED) is 0.137. The molecule has 1 aromatic heterocycles. The fraction of sp³-hybridized carbons (Fsp3) is 0.0208. The summed E-state index contributed by atoms with van der Waals surface area (Å²) in [5.74, 6) is 2.91. The van der Waals surface area contributed by atoms with Crippen LogP contribution < -0.4 is 4.74 Å². The Kier molecular flexibility index (Phi) is 7.52. The first-order valence-corrected chi connectivity index (χ1v) is 18.0. The fourth-order valence-corrected chi connectivity index (χ4v) is 8.12. The standard InChI is InChI=1S/C48H31N5O2/c49-43(30-16-4-1-5-17-30)55-44(50)34-23-15-27-38-41(34)33-22-14-24-35(42(33)48(38)36-25-10-12-28-39(36)54-40-29-13-11-26-37(40)48)47-52-45(31-18-6-2-7-19-31)51-46(53-47)32-20-8-3-9-21-32/h1-29,49-50H. The van der Waals surface area contributed by atoms with E-state index in [-0.39, 0.29) is 11.8 Å². The van der Waals surface area contributed by atoms with Crippen molar-refractivity contribution < 1.29 is 9.47 Å². The van der Waals surface area contributed by atoms with Crippen molar-refractivity contribution >= 4 is 11.8 Å². The van der Waals surface area contributed by atoms with Crippen LogP contribution in [0.1, 0.15) is 33.4 Å². The molecule has 1 spiro atoms. The molecule has 0 amide bonds. The van der Waals surface area contributed by atoms with Crippen molar-refractivity contribution in [3.8, 4) is 56.8 Å². The third-order valence-corrected chi connectivity index (χ3v) is 10.4. The monoisotopic (exact) mass is 709 g/mol. The first-order valence-electron chi connectivity index (χ1n) is 18.0. The molecule has 0 fully saturated rings. The zero-order valence-corrected chi connectivity index (χ0v) is 29.4. The Morgan fingerprint density at radius 3 is 1.56 bits per heavy atom. The van der Waals surface area contributed by atoms with Gasteiger partial charge in [0.15, 0.2) is 17.5 Å². The number of aromatic nitrogens is 3. The highest BCUT2D eigenvalue weighted by Crippen LogP contribution is 2.64. The smallest absolute Gasteiger partial charge is 0.221 e. The Morgan fingerprint density at radius 1 is 0.455 bits per heavy atom. The summed E-state index contributed by atoms with van der Waals surface area (Å²) in [5.41, 5.74) is 8.46. The Labute approximate surface area is 317 Å². The summed E-state index contributed by atoms with van der Waals surface area (Å²) in [5, 5.41) is 18.1. The fourth-order valence-electron chi connectivity index (χ4n) is 8.12. The Hall–Kier alpha value is -7.51. The van der Waals surface area contributed by atoms with E-state index >= 15 is 0 Å². The molecule has 1 aliphatic heterocycles. The van der Waals surface area contributed by atoms with Crippen LogP contribution in [-0.4, -0.2) is 26.7 Å². The normalized spacial score (nSPS) is 12.8. The summed E-state index contributed by atoms with van der Waals surface area (Å²) in [4.78, 5) is 15.4. The van der Waals surface area contributed by atoms with Crippen molar-refractivity contribution in [2.24, 2.45) is 0 Å². The van der Waals surface area contributed by atoms with E-state index in [4.69, 9.17) is 29.8 Å². The maximum Gasteiger partial charge on any atom is 0.221 e. The number of para-hydroxylation sites is 2. The molecule has 0 bridgehead atoms. The number of ether oxygens (including phenoxy) is 2. The highest BCUT2D eigenvalue weighted by atomic mass is 16.5. The average molecular weight is 710 g/mol. The summed E-state index contributed by atoms with van der Waals surface area (Å²) < 4.78 is 12.7. The van der Waals surface area contributed by atoms with Crippen LogP contribution >= 0.6 is 0 Å². The minimum atomic E-state index is -0.900. The lowest BCUT2D eigenvalue weighted by Crippen LogP contribution is -2.33. The summed E-state index contributed by atoms with van der Waals surface area (Å²) in [7, 11) is 0. The first kappa shape index (κ1) is 32.2. The molecule has 0 atom stereocenters. The van der Waals surface area contributed by atoms with Crippen LogP contribution in [0.4, 0.5) is 0 Å². The topological polar surface area (TPSA) is 105 Å². The van der Waals surface area contributed by atoms with Gasteiger partial charge in [-0.1, -0.05) is 146 Å². The largest absolute Gasteiger partial charge is 0.457 e. The molecule has 7 nitrogen and oxygen atoms in total. The van der Waals surface area contributed by atoms with Crippen LogP contribution in [0.25, 0.3) is 45.3 Å². The molecule has 0 radical (unpaired) electrons. The van der Waals surface area contributed by atoms with E-state index in [1.54, 1.807) is 12.1 Å². The van der Waals surface area contributed by atoms with Gasteiger partial charge in [0.1, 0.15) is 11.5 Å². The van der Waals surface area contributed by atoms with Gasteiger partial charge in [0.05, 0.1) is 5.41 Å². The zero-order chi connectivity index (χ0) is 36.9. The second-order valence-electron chi connectivity index (χ2n) is 13.5. The summed E-state index contributed by atoms with van der Waals surface area (Å²) in [6, 6.07) is 57.7. The van der Waals surface area contributed by atoms with E-state index in [0.29, 0.717) is 28.6 Å². The van der Waals surface area contributed by atoms with Crippen LogP contribution in [-0.2, 0) is 10.2 Å². The highest BCUT2D eigenvalue weighted by molar-refractivity contribution is 6.10. The SMILES string of the molecule is N=C(OC(=N)c1cccc2c1-c1cccc(-c3nc(-c4ccccc4)nc(-c4ccccc4)n3)c1C21c2ccccc2Oc2ccccc21)c1ccccc1. The molecule has 8 aromatic rings. The zero-order valence-electron chi connectivity index (χ0n) is 29.4. The van der Waals surface area contributed by atoms with E-state index in [1.165, 1.54) is 0 Å². The molecule has 2 N–H and O–H groups in total. The number of nitrogens with zero attached hydrogens (tertiary/aromatic N) is 3. The summed E-state index contributed by atoms with van der Waals surface area (Å²) in [6.45, 7) is 0. The van der Waals surface area contributed by atoms with Crippen LogP contribution in [0.15, 0.2) is 176 Å². The van der Waals surface area contributed by atoms with Gasteiger partial charge in [0.25, 0.3) is 0 Å². The number of rotatable bonds is 5. The Bertz CT molecular complexity index is 2700. The second kappa shape index (κ2) is 12.9. The molecule has 0 saturated carbocycles. The maximum atomic E-state index is 9.36. The molecule has 2 heterocycles. The molecule has 7 heteroatoms. The van der Waals surface area contributed by atoms with E-state index in [9.17, 15) is 5.41 Å². The summed E-state index contributed by atoms with van der Waals surface area (Å²) in [6.07, 6.45) is 0. The van der Waals surface area contributed by atoms with Crippen molar-refractivity contribution in [2.45, 2.75) is 5.41 Å². The lowest BCUT2D eigenvalue weighted by atomic mass is 9.65. The van der Waals surface area contributed by atoms with Crippen LogP contribution in [0.5, 0.6) is 11.5 Å². The van der Waals surface area contributed by atoms with Gasteiger partial charge in [-0.15, -0.1) is 0 Å². The molecule has 7 aromatic carbocycles. The van der Waals surface area contributed by atoms with Gasteiger partial charge in [-0.05, 0) is 52.6 Å². The second-order valence-corrected chi connectivity index (χ2v) is 13.5. The van der Waals surface area contributed by atoms with Gasteiger partial charge in [-0.3, -0.25) is 10.8 Å². The van der Waals surface area contributed by atoms with Crippen molar-refractivity contribution in [1.29, 1.82) is 10.8 Å². The van der Waals surface area contributed by atoms with Crippen LogP contribution in [0, 0.1) is 10.8 Å². The number of fused-ring (bicyclic) bond motifs is 9. The number of hydrogen-bond acceptors (Lipinski definition) is 7. The molecule has 0 saturated heterocycles. The molecular formula is C48H31N5O2. The lowest BCUT2D eigenvalue weighted by Gasteiger charge is -2.40. The van der Waals surface area contributed by atoms with E-state index in [1.807, 2.05) is 133 Å². The van der Waals surface area contributed by atoms with Crippen molar-refractivity contribution in [3.63, 3.8) is 0 Å². The van der Waals surface area contributed by atoms with E-state index < -0.39 is 5.41 Å². The van der Waals surface area contributed by atoms with Gasteiger partial charge in [0, 0.05) is 38.9 Å². The molecular weight excluding hydrogens is 679 g/mol. The number of hydrogen-bond donors (Lipinski definition) is 2. The van der Waals surface area contributed by atoms with Crippen molar-refractivity contribution in [3.05, 3.63) is 209 Å². The molecule has 260 valence electrons. The molecule has 55 heavy (non-hydrogen) atoms. The third kappa shape index (κ3) is 5.09. The molecule has 1 aliphatic carbocycles. The molecule has 2 aliphatic rings. The van der Waals surface area contributed by atoms with Crippen LogP contribution in [0.2, 0.25) is 0 Å². The predicted octanol–water partition coefficient (Wildman–Crippen LogP) is 10.7. The third-order valence-electron chi connectivity index (χ3n) is 10.4. The Balaban J connectivity index is 1.28. The number of benzene rings is 7. The van der Waals surface area contributed by atoms with E-state index in [2.05, 4.69) is 30.3 Å². The van der Waals surface area contributed by atoms with Gasteiger partial charge in [-0.2, -0.15) is 0 Å². The average Bonchev–Trinajstić information content (AvgIpc) is 3.55. The predicted molar refractivity (Wildman–Crippen MR) is 215 cm³/mol. The van der Waals surface area contributed by atoms with E-state index in [0.717, 1.165) is 61.6 Å². The Morgan fingerprint density at radius 2 is 0.945 bits per heavy atom. The van der Waals surface area contributed by atoms with Crippen molar-refractivity contribution in [1.82, 2.24) is 15.0 Å². The molecule has 10 rings (SSSR count). The minimum absolute atomic E-state index is 0.0984. The van der Waals surface area contributed by atoms with Gasteiger partial charge in [-0.25, -0.2) is 15.0 Å². The summed E-state index contributed by atoms with van der Waals surface area (Å²) >= 11 is 0. The van der Waals surface area contributed by atoms with Crippen LogP contribution in [0.3, 0.4) is 0 Å². The highest BCUT2D eigenvalue weighted by Gasteiger charge is 2.53. The maximum absolute atomic E-state index is 9.36. The lowest BCUT2D eigenvalue weighted by molar-refractivity contribution is 0.436. The van der Waals surface area contributed by atoms with Gasteiger partial charge >= 0.3 is 0 Å². The first-order chi connectivity index (χ1) is 27.1. The van der Waals surface area contributed by atoms with Gasteiger partial charge < -0.3 is 9.47 Å².